The van der Waals surface area contributed by atoms with Crippen LogP contribution in [0.5, 0.6) is 0 Å². The van der Waals surface area contributed by atoms with Crippen LogP contribution in [0.25, 0.3) is 0 Å². The van der Waals surface area contributed by atoms with Gasteiger partial charge in [-0.3, -0.25) is 4.79 Å². The number of fused-ring (bicyclic) bond motifs is 2. The van der Waals surface area contributed by atoms with Gasteiger partial charge >= 0.3 is 0 Å². The molecule has 0 aliphatic carbocycles. The van der Waals surface area contributed by atoms with Gasteiger partial charge in [0.25, 0.3) is 5.91 Å². The van der Waals surface area contributed by atoms with Crippen LogP contribution in [0.2, 0.25) is 0 Å². The Bertz CT molecular complexity index is 700. The summed E-state index contributed by atoms with van der Waals surface area (Å²) in [4.78, 5) is 25.2. The lowest BCUT2D eigenvalue weighted by atomic mass is 10.2. The fourth-order valence-electron chi connectivity index (χ4n) is 2.51. The monoisotopic (exact) mass is 283 g/mol. The van der Waals surface area contributed by atoms with Crippen LogP contribution in [0.3, 0.4) is 0 Å². The molecule has 0 bridgehead atoms. The van der Waals surface area contributed by atoms with Crippen LogP contribution in [0.4, 0.5) is 23.1 Å². The van der Waals surface area contributed by atoms with Crippen molar-refractivity contribution < 1.29 is 4.79 Å². The summed E-state index contributed by atoms with van der Waals surface area (Å²) in [7, 11) is 3.58. The number of rotatable bonds is 2. The second kappa shape index (κ2) is 5.05. The Morgan fingerprint density at radius 2 is 2.05 bits per heavy atom. The van der Waals surface area contributed by atoms with Crippen molar-refractivity contribution in [2.75, 3.05) is 35.8 Å². The second-order valence-corrected chi connectivity index (χ2v) is 4.77. The topological polar surface area (TPSA) is 61.4 Å². The first-order valence-corrected chi connectivity index (χ1v) is 6.86. The summed E-state index contributed by atoms with van der Waals surface area (Å²) >= 11 is 0. The molecule has 0 saturated carbocycles. The average Bonchev–Trinajstić information content (AvgIpc) is 2.62. The highest BCUT2D eigenvalue weighted by atomic mass is 16.2. The Morgan fingerprint density at radius 3 is 2.76 bits per heavy atom. The van der Waals surface area contributed by atoms with E-state index >= 15 is 0 Å². The minimum atomic E-state index is -0.0747. The zero-order valence-electron chi connectivity index (χ0n) is 12.3. The maximum absolute atomic E-state index is 12.6. The summed E-state index contributed by atoms with van der Waals surface area (Å²) in [6, 6.07) is 7.34. The number of carbonyl (C=O) groups excluding carboxylic acids is 1. The fraction of sp³-hybridized carbons (Fsp3) is 0.267. The molecule has 21 heavy (non-hydrogen) atoms. The van der Waals surface area contributed by atoms with Gasteiger partial charge in [0, 0.05) is 26.8 Å². The summed E-state index contributed by atoms with van der Waals surface area (Å²) in [5.41, 5.74) is 1.37. The maximum atomic E-state index is 12.6. The lowest BCUT2D eigenvalue weighted by Gasteiger charge is -2.23. The van der Waals surface area contributed by atoms with Crippen LogP contribution < -0.4 is 15.1 Å². The molecule has 3 heterocycles. The summed E-state index contributed by atoms with van der Waals surface area (Å²) < 4.78 is 0. The molecule has 0 unspecified atom stereocenters. The summed E-state index contributed by atoms with van der Waals surface area (Å²) in [5.74, 6) is 2.07. The zero-order valence-corrected chi connectivity index (χ0v) is 12.3. The molecule has 1 aliphatic rings. The minimum Gasteiger partial charge on any atom is -0.373 e. The van der Waals surface area contributed by atoms with E-state index in [9.17, 15) is 4.79 Å². The average molecular weight is 283 g/mol. The Kier molecular flexibility index (Phi) is 3.21. The first-order valence-electron chi connectivity index (χ1n) is 6.86. The van der Waals surface area contributed by atoms with Gasteiger partial charge in [0.2, 0.25) is 0 Å². The lowest BCUT2D eigenvalue weighted by molar-refractivity contribution is 0.0994. The molecule has 0 atom stereocenters. The maximum Gasteiger partial charge on any atom is 0.261 e. The van der Waals surface area contributed by atoms with E-state index in [0.717, 1.165) is 17.3 Å². The molecule has 1 aliphatic heterocycles. The molecule has 6 heteroatoms. The van der Waals surface area contributed by atoms with Crippen molar-refractivity contribution in [3.63, 3.8) is 0 Å². The largest absolute Gasteiger partial charge is 0.373 e. The normalized spacial score (nSPS) is 13.6. The quantitative estimate of drug-likeness (QED) is 0.916. The molecular formula is C15H17N5O. The van der Waals surface area contributed by atoms with Gasteiger partial charge in [-0.2, -0.15) is 0 Å². The van der Waals surface area contributed by atoms with Crippen molar-refractivity contribution in [2.24, 2.45) is 0 Å². The Morgan fingerprint density at radius 1 is 1.24 bits per heavy atom. The van der Waals surface area contributed by atoms with Crippen LogP contribution in [-0.2, 0) is 0 Å². The number of amides is 1. The smallest absolute Gasteiger partial charge is 0.261 e. The number of aromatic nitrogens is 2. The molecular weight excluding hydrogens is 266 g/mol. The molecule has 0 saturated heterocycles. The summed E-state index contributed by atoms with van der Waals surface area (Å²) in [6.07, 6.45) is 1.70. The minimum absolute atomic E-state index is 0.0747. The number of hydrogen-bond acceptors (Lipinski definition) is 5. The van der Waals surface area contributed by atoms with Crippen molar-refractivity contribution in [2.45, 2.75) is 6.92 Å². The Labute approximate surface area is 123 Å². The Balaban J connectivity index is 2.29. The van der Waals surface area contributed by atoms with Crippen LogP contribution in [0.1, 0.15) is 17.3 Å². The number of nitrogens with zero attached hydrogens (tertiary/aromatic N) is 4. The standard InChI is InChI=1S/C15H17N5O/c1-4-20-13-10(6-5-9-17-13)15(21)19(3)11-7-8-12(16-2)18-14(11)20/h5-9H,4H2,1-3H3,(H,16,18). The molecule has 1 N–H and O–H groups in total. The lowest BCUT2D eigenvalue weighted by Crippen LogP contribution is -2.25. The van der Waals surface area contributed by atoms with E-state index in [-0.39, 0.29) is 5.91 Å². The van der Waals surface area contributed by atoms with E-state index in [2.05, 4.69) is 15.3 Å². The second-order valence-electron chi connectivity index (χ2n) is 4.77. The molecule has 2 aromatic rings. The third-order valence-corrected chi connectivity index (χ3v) is 3.62. The van der Waals surface area contributed by atoms with Gasteiger partial charge in [0.15, 0.2) is 5.82 Å². The SMILES string of the molecule is CCN1c2ncccc2C(=O)N(C)c2ccc(NC)nc21. The predicted octanol–water partition coefficient (Wildman–Crippen LogP) is 2.27. The zero-order chi connectivity index (χ0) is 15.0. The van der Waals surface area contributed by atoms with Crippen molar-refractivity contribution in [3.05, 3.63) is 36.0 Å². The number of anilines is 4. The van der Waals surface area contributed by atoms with E-state index in [1.807, 2.05) is 31.0 Å². The first-order chi connectivity index (χ1) is 10.2. The van der Waals surface area contributed by atoms with Crippen molar-refractivity contribution in [1.29, 1.82) is 0 Å². The van der Waals surface area contributed by atoms with Gasteiger partial charge in [-0.1, -0.05) is 0 Å². The van der Waals surface area contributed by atoms with Gasteiger partial charge in [0.05, 0.1) is 11.3 Å². The molecule has 2 aromatic heterocycles. The fourth-order valence-corrected chi connectivity index (χ4v) is 2.51. The summed E-state index contributed by atoms with van der Waals surface area (Å²) in [6.45, 7) is 2.70. The third-order valence-electron chi connectivity index (χ3n) is 3.62. The molecule has 6 nitrogen and oxygen atoms in total. The third kappa shape index (κ3) is 1.99. The van der Waals surface area contributed by atoms with Crippen LogP contribution >= 0.6 is 0 Å². The van der Waals surface area contributed by atoms with E-state index in [1.54, 1.807) is 30.3 Å². The highest BCUT2D eigenvalue weighted by molar-refractivity contribution is 6.12. The van der Waals surface area contributed by atoms with Crippen molar-refractivity contribution >= 4 is 29.0 Å². The van der Waals surface area contributed by atoms with Gasteiger partial charge in [0.1, 0.15) is 11.6 Å². The highest BCUT2D eigenvalue weighted by Crippen LogP contribution is 2.38. The van der Waals surface area contributed by atoms with Crippen LogP contribution in [0, 0.1) is 0 Å². The molecule has 3 rings (SSSR count). The number of hydrogen-bond donors (Lipinski definition) is 1. The van der Waals surface area contributed by atoms with E-state index in [1.165, 1.54) is 0 Å². The van der Waals surface area contributed by atoms with E-state index < -0.39 is 0 Å². The van der Waals surface area contributed by atoms with Crippen molar-refractivity contribution in [3.8, 4) is 0 Å². The van der Waals surface area contributed by atoms with Crippen LogP contribution in [-0.4, -0.2) is 36.5 Å². The van der Waals surface area contributed by atoms with Crippen LogP contribution in [0.15, 0.2) is 30.5 Å². The number of carbonyl (C=O) groups is 1. The molecule has 1 amide bonds. The van der Waals surface area contributed by atoms with Gasteiger partial charge in [-0.25, -0.2) is 9.97 Å². The number of nitrogens with one attached hydrogen (secondary N) is 1. The predicted molar refractivity (Wildman–Crippen MR) is 83.4 cm³/mol. The number of pyridine rings is 2. The van der Waals surface area contributed by atoms with Gasteiger partial charge in [-0.05, 0) is 31.2 Å². The summed E-state index contributed by atoms with van der Waals surface area (Å²) in [5, 5.41) is 3.03. The van der Waals surface area contributed by atoms with E-state index in [4.69, 9.17) is 0 Å². The molecule has 0 aromatic carbocycles. The molecule has 0 radical (unpaired) electrons. The Hall–Kier alpha value is -2.63. The first kappa shape index (κ1) is 13.4. The van der Waals surface area contributed by atoms with Gasteiger partial charge in [-0.15, -0.1) is 0 Å². The molecule has 0 spiro atoms. The van der Waals surface area contributed by atoms with Crippen molar-refractivity contribution in [1.82, 2.24) is 9.97 Å². The van der Waals surface area contributed by atoms with Gasteiger partial charge < -0.3 is 15.1 Å². The highest BCUT2D eigenvalue weighted by Gasteiger charge is 2.30. The molecule has 108 valence electrons. The van der Waals surface area contributed by atoms with E-state index in [0.29, 0.717) is 17.9 Å². The molecule has 0 fully saturated rings.